The van der Waals surface area contributed by atoms with E-state index < -0.39 is 12.0 Å². The van der Waals surface area contributed by atoms with Gasteiger partial charge in [0, 0.05) is 6.07 Å². The van der Waals surface area contributed by atoms with E-state index in [9.17, 15) is 9.90 Å². The van der Waals surface area contributed by atoms with Crippen molar-refractivity contribution < 1.29 is 14.4 Å². The Bertz CT molecular complexity index is 386. The van der Waals surface area contributed by atoms with Crippen molar-refractivity contribution >= 4 is 5.97 Å². The van der Waals surface area contributed by atoms with Crippen molar-refractivity contribution in [1.29, 1.82) is 0 Å². The van der Waals surface area contributed by atoms with Gasteiger partial charge in [-0.25, -0.2) is 0 Å². The van der Waals surface area contributed by atoms with Gasteiger partial charge in [0.1, 0.15) is 6.04 Å². The summed E-state index contributed by atoms with van der Waals surface area (Å²) in [6.07, 6.45) is 3.54. The molecular formula is C12H18N2O3. The van der Waals surface area contributed by atoms with Gasteiger partial charge in [-0.15, -0.1) is 0 Å². The van der Waals surface area contributed by atoms with Crippen LogP contribution in [-0.2, 0) is 11.3 Å². The van der Waals surface area contributed by atoms with Crippen molar-refractivity contribution in [2.24, 2.45) is 5.41 Å². The zero-order valence-corrected chi connectivity index (χ0v) is 10.2. The number of hydrogen-bond acceptors (Lipinski definition) is 4. The lowest BCUT2D eigenvalue weighted by Gasteiger charge is -2.43. The molecule has 1 N–H and O–H groups in total. The first-order valence-electron chi connectivity index (χ1n) is 5.87. The summed E-state index contributed by atoms with van der Waals surface area (Å²) < 4.78 is 5.05. The standard InChI is InChI=1S/C12H18N2O3/c1-12(2)5-3-7-14(10(12)11(15)16)8-9-4-6-13-17-9/h4,6,10H,3,5,7-8H2,1-2H3,(H,15,16). The molecule has 0 bridgehead atoms. The average Bonchev–Trinajstić information content (AvgIpc) is 2.68. The Balaban J connectivity index is 2.16. The summed E-state index contributed by atoms with van der Waals surface area (Å²) in [5.74, 6) is -0.0387. The van der Waals surface area contributed by atoms with Crippen molar-refractivity contribution in [1.82, 2.24) is 10.1 Å². The minimum atomic E-state index is -0.755. The number of hydrogen-bond donors (Lipinski definition) is 1. The molecule has 1 atom stereocenters. The van der Waals surface area contributed by atoms with Crippen LogP contribution in [0.15, 0.2) is 16.8 Å². The third kappa shape index (κ3) is 2.49. The molecule has 5 nitrogen and oxygen atoms in total. The van der Waals surface area contributed by atoms with E-state index in [1.165, 1.54) is 0 Å². The fraction of sp³-hybridized carbons (Fsp3) is 0.667. The Morgan fingerprint density at radius 2 is 2.47 bits per heavy atom. The lowest BCUT2D eigenvalue weighted by Crippen LogP contribution is -2.53. The van der Waals surface area contributed by atoms with Crippen molar-refractivity contribution in [3.8, 4) is 0 Å². The number of nitrogens with zero attached hydrogens (tertiary/aromatic N) is 2. The van der Waals surface area contributed by atoms with Gasteiger partial charge in [-0.2, -0.15) is 0 Å². The zero-order valence-electron chi connectivity index (χ0n) is 10.2. The predicted molar refractivity (Wildman–Crippen MR) is 61.4 cm³/mol. The molecule has 0 spiro atoms. The fourth-order valence-corrected chi connectivity index (χ4v) is 2.68. The molecule has 2 rings (SSSR count). The second-order valence-corrected chi connectivity index (χ2v) is 5.28. The van der Waals surface area contributed by atoms with E-state index >= 15 is 0 Å². The fourth-order valence-electron chi connectivity index (χ4n) is 2.68. The van der Waals surface area contributed by atoms with Gasteiger partial charge in [0.2, 0.25) is 0 Å². The highest BCUT2D eigenvalue weighted by Crippen LogP contribution is 2.35. The smallest absolute Gasteiger partial charge is 0.321 e. The maximum atomic E-state index is 11.4. The van der Waals surface area contributed by atoms with Gasteiger partial charge in [0.05, 0.1) is 12.7 Å². The van der Waals surface area contributed by atoms with Gasteiger partial charge in [-0.3, -0.25) is 9.69 Å². The second kappa shape index (κ2) is 4.49. The Labute approximate surface area is 100 Å². The Kier molecular flexibility index (Phi) is 3.19. The molecule has 1 fully saturated rings. The number of carboxylic acids is 1. The van der Waals surface area contributed by atoms with Crippen LogP contribution in [0.3, 0.4) is 0 Å². The van der Waals surface area contributed by atoms with E-state index in [0.717, 1.165) is 19.4 Å². The van der Waals surface area contributed by atoms with Crippen LogP contribution in [0.2, 0.25) is 0 Å². The molecule has 5 heteroatoms. The van der Waals surface area contributed by atoms with Crippen molar-refractivity contribution in [3.63, 3.8) is 0 Å². The molecule has 1 saturated heterocycles. The number of aromatic nitrogens is 1. The quantitative estimate of drug-likeness (QED) is 0.869. The molecule has 0 saturated carbocycles. The third-order valence-electron chi connectivity index (χ3n) is 3.46. The van der Waals surface area contributed by atoms with Crippen LogP contribution >= 0.6 is 0 Å². The Morgan fingerprint density at radius 1 is 1.71 bits per heavy atom. The van der Waals surface area contributed by atoms with Gasteiger partial charge in [-0.1, -0.05) is 19.0 Å². The number of aliphatic carboxylic acids is 1. The molecule has 0 aliphatic carbocycles. The Morgan fingerprint density at radius 3 is 3.06 bits per heavy atom. The molecular weight excluding hydrogens is 220 g/mol. The maximum absolute atomic E-state index is 11.4. The van der Waals surface area contributed by atoms with Crippen LogP contribution in [0, 0.1) is 5.41 Å². The largest absolute Gasteiger partial charge is 0.480 e. The monoisotopic (exact) mass is 238 g/mol. The van der Waals surface area contributed by atoms with E-state index in [0.29, 0.717) is 12.3 Å². The summed E-state index contributed by atoms with van der Waals surface area (Å²) in [7, 11) is 0. The van der Waals surface area contributed by atoms with Gasteiger partial charge in [-0.05, 0) is 24.8 Å². The van der Waals surface area contributed by atoms with Gasteiger partial charge in [0.15, 0.2) is 5.76 Å². The Hall–Kier alpha value is -1.36. The SMILES string of the molecule is CC1(C)CCCN(Cc2ccno2)C1C(=O)O. The average molecular weight is 238 g/mol. The first-order valence-corrected chi connectivity index (χ1v) is 5.87. The zero-order chi connectivity index (χ0) is 12.5. The highest BCUT2D eigenvalue weighted by molar-refractivity contribution is 5.74. The molecule has 0 aromatic carbocycles. The van der Waals surface area contributed by atoms with E-state index in [4.69, 9.17) is 4.52 Å². The van der Waals surface area contributed by atoms with Crippen LogP contribution < -0.4 is 0 Å². The molecule has 0 radical (unpaired) electrons. The lowest BCUT2D eigenvalue weighted by atomic mass is 9.76. The third-order valence-corrected chi connectivity index (χ3v) is 3.46. The van der Waals surface area contributed by atoms with Crippen LogP contribution in [0.1, 0.15) is 32.4 Å². The molecule has 2 heterocycles. The molecule has 17 heavy (non-hydrogen) atoms. The number of carbonyl (C=O) groups is 1. The van der Waals surface area contributed by atoms with Crippen LogP contribution in [0.5, 0.6) is 0 Å². The highest BCUT2D eigenvalue weighted by Gasteiger charge is 2.42. The number of piperidine rings is 1. The van der Waals surface area contributed by atoms with Crippen molar-refractivity contribution in [2.45, 2.75) is 39.3 Å². The molecule has 1 aromatic heterocycles. The maximum Gasteiger partial charge on any atom is 0.321 e. The van der Waals surface area contributed by atoms with E-state index in [-0.39, 0.29) is 5.41 Å². The van der Waals surface area contributed by atoms with Gasteiger partial charge >= 0.3 is 5.97 Å². The number of carboxylic acid groups (broad SMARTS) is 1. The normalized spacial score (nSPS) is 24.7. The first kappa shape index (κ1) is 12.1. The summed E-state index contributed by atoms with van der Waals surface area (Å²) in [5, 5.41) is 13.0. The molecule has 1 aromatic rings. The van der Waals surface area contributed by atoms with Gasteiger partial charge in [0.25, 0.3) is 0 Å². The lowest BCUT2D eigenvalue weighted by molar-refractivity contribution is -0.151. The van der Waals surface area contributed by atoms with Gasteiger partial charge < -0.3 is 9.63 Å². The first-order chi connectivity index (χ1) is 8.00. The summed E-state index contributed by atoms with van der Waals surface area (Å²) in [6, 6.07) is 1.32. The van der Waals surface area contributed by atoms with Crippen molar-refractivity contribution in [2.75, 3.05) is 6.54 Å². The molecule has 94 valence electrons. The van der Waals surface area contributed by atoms with E-state index in [1.807, 2.05) is 18.7 Å². The van der Waals surface area contributed by atoms with Crippen LogP contribution in [0.4, 0.5) is 0 Å². The van der Waals surface area contributed by atoms with E-state index in [2.05, 4.69) is 5.16 Å². The minimum absolute atomic E-state index is 0.204. The minimum Gasteiger partial charge on any atom is -0.480 e. The summed E-state index contributed by atoms with van der Waals surface area (Å²) >= 11 is 0. The highest BCUT2D eigenvalue weighted by atomic mass is 16.5. The topological polar surface area (TPSA) is 66.6 Å². The number of likely N-dealkylation sites (tertiary alicyclic amines) is 1. The second-order valence-electron chi connectivity index (χ2n) is 5.28. The summed E-state index contributed by atoms with van der Waals surface area (Å²) in [6.45, 7) is 5.33. The molecule has 1 aliphatic heterocycles. The molecule has 1 aliphatic rings. The van der Waals surface area contributed by atoms with E-state index in [1.54, 1.807) is 12.3 Å². The van der Waals surface area contributed by atoms with Crippen LogP contribution in [-0.4, -0.2) is 33.7 Å². The van der Waals surface area contributed by atoms with Crippen LogP contribution in [0.25, 0.3) is 0 Å². The molecule has 0 amide bonds. The summed E-state index contributed by atoms with van der Waals surface area (Å²) in [4.78, 5) is 13.4. The predicted octanol–water partition coefficient (Wildman–Crippen LogP) is 1.75. The summed E-state index contributed by atoms with van der Waals surface area (Å²) in [5.41, 5.74) is -0.204. The molecule has 1 unspecified atom stereocenters. The van der Waals surface area contributed by atoms with Crippen molar-refractivity contribution in [3.05, 3.63) is 18.0 Å². The number of rotatable bonds is 3.